The number of anilines is 1. The van der Waals surface area contributed by atoms with Gasteiger partial charge in [0, 0.05) is 12.2 Å². The first-order chi connectivity index (χ1) is 8.95. The third-order valence-corrected chi connectivity index (χ3v) is 3.05. The van der Waals surface area contributed by atoms with E-state index in [0.717, 1.165) is 29.7 Å². The number of nitrogens with one attached hydrogen (secondary N) is 2. The van der Waals surface area contributed by atoms with E-state index in [-0.39, 0.29) is 17.7 Å². The third-order valence-electron chi connectivity index (χ3n) is 3.05. The van der Waals surface area contributed by atoms with Gasteiger partial charge in [-0.05, 0) is 42.5 Å². The molecule has 0 aliphatic rings. The Morgan fingerprint density at radius 3 is 2.63 bits per heavy atom. The van der Waals surface area contributed by atoms with Gasteiger partial charge in [0.2, 0.25) is 0 Å². The Morgan fingerprint density at radius 2 is 2.05 bits per heavy atom. The summed E-state index contributed by atoms with van der Waals surface area (Å²) in [7, 11) is 0. The van der Waals surface area contributed by atoms with Crippen molar-refractivity contribution >= 4 is 11.7 Å². The van der Waals surface area contributed by atoms with E-state index in [1.807, 2.05) is 26.8 Å². The molecule has 1 aromatic carbocycles. The fraction of sp³-hybridized carbons (Fsp3) is 0.533. The summed E-state index contributed by atoms with van der Waals surface area (Å²) in [5.41, 5.74) is 2.46. The summed E-state index contributed by atoms with van der Waals surface area (Å²) in [6.07, 6.45) is 2.02. The van der Waals surface area contributed by atoms with Gasteiger partial charge in [-0.25, -0.2) is 4.79 Å². The van der Waals surface area contributed by atoms with Gasteiger partial charge in [-0.2, -0.15) is 0 Å². The molecule has 1 rings (SSSR count). The molecular weight excluding hydrogens is 240 g/mol. The number of phenols is 1. The van der Waals surface area contributed by atoms with Gasteiger partial charge < -0.3 is 15.7 Å². The number of amides is 2. The monoisotopic (exact) mass is 264 g/mol. The lowest BCUT2D eigenvalue weighted by Crippen LogP contribution is -2.29. The largest absolute Gasteiger partial charge is 0.508 e. The maximum Gasteiger partial charge on any atom is 0.319 e. The number of aromatic hydroxyl groups is 1. The van der Waals surface area contributed by atoms with Crippen molar-refractivity contribution in [3.63, 3.8) is 0 Å². The molecule has 3 N–H and O–H groups in total. The molecule has 4 nitrogen and oxygen atoms in total. The predicted molar refractivity (Wildman–Crippen MR) is 78.9 cm³/mol. The lowest BCUT2D eigenvalue weighted by Gasteiger charge is -2.16. The second kappa shape index (κ2) is 7.02. The number of urea groups is 1. The highest BCUT2D eigenvalue weighted by Crippen LogP contribution is 2.30. The third kappa shape index (κ3) is 4.47. The Labute approximate surface area is 115 Å². The number of hydrogen-bond acceptors (Lipinski definition) is 2. The van der Waals surface area contributed by atoms with E-state index in [4.69, 9.17) is 0 Å². The number of aryl methyl sites for hydroxylation is 1. The zero-order chi connectivity index (χ0) is 14.4. The minimum atomic E-state index is -0.194. The number of rotatable bonds is 5. The van der Waals surface area contributed by atoms with Crippen LogP contribution in [-0.2, 0) is 0 Å². The van der Waals surface area contributed by atoms with E-state index in [9.17, 15) is 9.90 Å². The zero-order valence-corrected chi connectivity index (χ0v) is 12.2. The molecule has 0 saturated carbocycles. The van der Waals surface area contributed by atoms with Gasteiger partial charge in [0.25, 0.3) is 0 Å². The highest BCUT2D eigenvalue weighted by atomic mass is 16.3. The number of carbonyl (C=O) groups is 1. The summed E-state index contributed by atoms with van der Waals surface area (Å²) in [6, 6.07) is 3.34. The summed E-state index contributed by atoms with van der Waals surface area (Å²) in [5.74, 6) is 0.498. The average molecular weight is 264 g/mol. The molecular formula is C15H24N2O2. The molecule has 0 fully saturated rings. The van der Waals surface area contributed by atoms with Crippen molar-refractivity contribution in [2.75, 3.05) is 11.9 Å². The molecule has 106 valence electrons. The zero-order valence-electron chi connectivity index (χ0n) is 12.2. The molecule has 0 spiro atoms. The Bertz CT molecular complexity index is 442. The minimum absolute atomic E-state index is 0.194. The van der Waals surface area contributed by atoms with Gasteiger partial charge in [-0.15, -0.1) is 0 Å². The second-order valence-corrected chi connectivity index (χ2v) is 5.12. The Kier molecular flexibility index (Phi) is 5.67. The van der Waals surface area contributed by atoms with Crippen molar-refractivity contribution in [2.45, 2.75) is 46.5 Å². The molecule has 19 heavy (non-hydrogen) atoms. The topological polar surface area (TPSA) is 61.4 Å². The summed E-state index contributed by atoms with van der Waals surface area (Å²) in [6.45, 7) is 8.64. The minimum Gasteiger partial charge on any atom is -0.508 e. The Morgan fingerprint density at radius 1 is 1.37 bits per heavy atom. The van der Waals surface area contributed by atoms with E-state index >= 15 is 0 Å². The van der Waals surface area contributed by atoms with Crippen LogP contribution in [0.25, 0.3) is 0 Å². The number of hydrogen-bond donors (Lipinski definition) is 3. The maximum atomic E-state index is 11.8. The number of unbranched alkanes of at least 4 members (excludes halogenated alkanes) is 1. The van der Waals surface area contributed by atoms with Crippen LogP contribution in [-0.4, -0.2) is 17.7 Å². The smallest absolute Gasteiger partial charge is 0.319 e. The van der Waals surface area contributed by atoms with Crippen molar-refractivity contribution in [3.05, 3.63) is 23.3 Å². The van der Waals surface area contributed by atoms with Crippen LogP contribution in [0.5, 0.6) is 5.75 Å². The quantitative estimate of drug-likeness (QED) is 0.560. The van der Waals surface area contributed by atoms with Gasteiger partial charge in [0.05, 0.1) is 0 Å². The molecule has 0 aromatic heterocycles. The van der Waals surface area contributed by atoms with E-state index in [2.05, 4.69) is 17.6 Å². The maximum absolute atomic E-state index is 11.8. The van der Waals surface area contributed by atoms with Crippen LogP contribution in [0.2, 0.25) is 0 Å². The van der Waals surface area contributed by atoms with E-state index in [1.165, 1.54) is 0 Å². The Hall–Kier alpha value is -1.71. The molecule has 2 amide bonds. The fourth-order valence-electron chi connectivity index (χ4n) is 1.84. The fourth-order valence-corrected chi connectivity index (χ4v) is 1.84. The van der Waals surface area contributed by atoms with Crippen LogP contribution in [0, 0.1) is 6.92 Å². The number of benzene rings is 1. The predicted octanol–water partition coefficient (Wildman–Crippen LogP) is 3.75. The average Bonchev–Trinajstić information content (AvgIpc) is 2.33. The van der Waals surface area contributed by atoms with Crippen LogP contribution in [0.4, 0.5) is 10.5 Å². The van der Waals surface area contributed by atoms with Crippen LogP contribution in [0.1, 0.15) is 50.7 Å². The van der Waals surface area contributed by atoms with Crippen LogP contribution in [0.15, 0.2) is 12.1 Å². The summed E-state index contributed by atoms with van der Waals surface area (Å²) < 4.78 is 0. The molecule has 0 heterocycles. The van der Waals surface area contributed by atoms with E-state index in [1.54, 1.807) is 6.07 Å². The van der Waals surface area contributed by atoms with Crippen molar-refractivity contribution in [3.8, 4) is 5.75 Å². The van der Waals surface area contributed by atoms with Crippen LogP contribution < -0.4 is 10.6 Å². The first kappa shape index (κ1) is 15.3. The van der Waals surface area contributed by atoms with E-state index in [0.29, 0.717) is 6.54 Å². The first-order valence-electron chi connectivity index (χ1n) is 6.84. The molecule has 0 saturated heterocycles. The molecule has 0 bridgehead atoms. The van der Waals surface area contributed by atoms with Crippen molar-refractivity contribution < 1.29 is 9.90 Å². The molecule has 0 radical (unpaired) electrons. The SMILES string of the molecule is CCCCNC(=O)Nc1cc(C)c(O)cc1C(C)C. The van der Waals surface area contributed by atoms with Crippen molar-refractivity contribution in [1.82, 2.24) is 5.32 Å². The normalized spacial score (nSPS) is 10.6. The highest BCUT2D eigenvalue weighted by Gasteiger charge is 2.12. The van der Waals surface area contributed by atoms with Gasteiger partial charge >= 0.3 is 6.03 Å². The van der Waals surface area contributed by atoms with Gasteiger partial charge in [-0.1, -0.05) is 27.2 Å². The second-order valence-electron chi connectivity index (χ2n) is 5.12. The Balaban J connectivity index is 2.81. The van der Waals surface area contributed by atoms with Gasteiger partial charge in [0.1, 0.15) is 5.75 Å². The standard InChI is InChI=1S/C15H24N2O2/c1-5-6-7-16-15(19)17-13-8-11(4)14(18)9-12(13)10(2)3/h8-10,18H,5-7H2,1-4H3,(H2,16,17,19). The van der Waals surface area contributed by atoms with Crippen molar-refractivity contribution in [2.24, 2.45) is 0 Å². The molecule has 1 aromatic rings. The first-order valence-corrected chi connectivity index (χ1v) is 6.84. The molecule has 0 aliphatic heterocycles. The summed E-state index contributed by atoms with van der Waals surface area (Å²) in [4.78, 5) is 11.8. The molecule has 0 aliphatic carbocycles. The summed E-state index contributed by atoms with van der Waals surface area (Å²) >= 11 is 0. The van der Waals surface area contributed by atoms with Crippen LogP contribution >= 0.6 is 0 Å². The van der Waals surface area contributed by atoms with E-state index < -0.39 is 0 Å². The molecule has 4 heteroatoms. The molecule has 0 atom stereocenters. The lowest BCUT2D eigenvalue weighted by molar-refractivity contribution is 0.252. The molecule has 0 unspecified atom stereocenters. The van der Waals surface area contributed by atoms with Crippen molar-refractivity contribution in [1.29, 1.82) is 0 Å². The van der Waals surface area contributed by atoms with Crippen LogP contribution in [0.3, 0.4) is 0 Å². The van der Waals surface area contributed by atoms with Gasteiger partial charge in [0.15, 0.2) is 0 Å². The summed E-state index contributed by atoms with van der Waals surface area (Å²) in [5, 5.41) is 15.4. The van der Waals surface area contributed by atoms with Gasteiger partial charge in [-0.3, -0.25) is 0 Å². The number of phenolic OH excluding ortho intramolecular Hbond substituents is 1. The lowest BCUT2D eigenvalue weighted by atomic mass is 9.98. The number of carbonyl (C=O) groups excluding carboxylic acids is 1. The highest BCUT2D eigenvalue weighted by molar-refractivity contribution is 5.90.